The summed E-state index contributed by atoms with van der Waals surface area (Å²) in [5.74, 6) is 0.681. The lowest BCUT2D eigenvalue weighted by Gasteiger charge is -2.21. The van der Waals surface area contributed by atoms with Gasteiger partial charge in [-0.1, -0.05) is 0 Å². The maximum atomic E-state index is 4.43. The molecule has 0 atom stereocenters. The summed E-state index contributed by atoms with van der Waals surface area (Å²) in [6, 6.07) is 4.34. The molecular formula is C13H17N3. The average molecular weight is 215 g/mol. The minimum atomic E-state index is 0.681. The molecule has 0 saturated carbocycles. The Morgan fingerprint density at radius 3 is 3.00 bits per heavy atom. The molecule has 0 bridgehead atoms. The summed E-state index contributed by atoms with van der Waals surface area (Å²) in [6.07, 6.45) is 6.56. The second-order valence-corrected chi connectivity index (χ2v) is 4.66. The molecular weight excluding hydrogens is 198 g/mol. The highest BCUT2D eigenvalue weighted by molar-refractivity contribution is 5.56. The third-order valence-electron chi connectivity index (χ3n) is 3.49. The quantitative estimate of drug-likeness (QED) is 0.789. The Morgan fingerprint density at radius 2 is 2.19 bits per heavy atom. The molecule has 1 N–H and O–H groups in total. The van der Waals surface area contributed by atoms with E-state index in [0.717, 1.165) is 13.1 Å². The van der Waals surface area contributed by atoms with Crippen molar-refractivity contribution >= 4 is 5.52 Å². The van der Waals surface area contributed by atoms with Gasteiger partial charge in [-0.2, -0.15) is 5.10 Å². The number of rotatable bonds is 1. The lowest BCUT2D eigenvalue weighted by atomic mass is 9.91. The second-order valence-electron chi connectivity index (χ2n) is 4.66. The van der Waals surface area contributed by atoms with E-state index >= 15 is 0 Å². The van der Waals surface area contributed by atoms with Crippen LogP contribution in [0.3, 0.4) is 0 Å². The van der Waals surface area contributed by atoms with Crippen molar-refractivity contribution in [1.82, 2.24) is 14.9 Å². The first-order chi connectivity index (χ1) is 7.84. The number of nitrogens with zero attached hydrogens (tertiary/aromatic N) is 2. The van der Waals surface area contributed by atoms with Crippen LogP contribution in [0.2, 0.25) is 0 Å². The van der Waals surface area contributed by atoms with E-state index in [-0.39, 0.29) is 0 Å². The number of aryl methyl sites for hydroxylation is 1. The Bertz CT molecular complexity index is 495. The fraction of sp³-hybridized carbons (Fsp3) is 0.462. The number of hydrogen-bond acceptors (Lipinski definition) is 2. The van der Waals surface area contributed by atoms with Crippen molar-refractivity contribution < 1.29 is 0 Å². The molecule has 0 aromatic carbocycles. The summed E-state index contributed by atoms with van der Waals surface area (Å²) >= 11 is 0. The largest absolute Gasteiger partial charge is 0.317 e. The van der Waals surface area contributed by atoms with Gasteiger partial charge in [-0.15, -0.1) is 0 Å². The monoisotopic (exact) mass is 215 g/mol. The van der Waals surface area contributed by atoms with Crippen molar-refractivity contribution in [2.45, 2.75) is 25.7 Å². The van der Waals surface area contributed by atoms with Crippen molar-refractivity contribution in [2.24, 2.45) is 0 Å². The van der Waals surface area contributed by atoms with E-state index in [2.05, 4.69) is 35.7 Å². The Hall–Kier alpha value is -1.35. The van der Waals surface area contributed by atoms with E-state index < -0.39 is 0 Å². The van der Waals surface area contributed by atoms with Crippen molar-refractivity contribution in [2.75, 3.05) is 13.1 Å². The van der Waals surface area contributed by atoms with Crippen molar-refractivity contribution in [3.63, 3.8) is 0 Å². The molecule has 0 spiro atoms. The molecule has 3 rings (SSSR count). The fourth-order valence-electron chi connectivity index (χ4n) is 2.55. The van der Waals surface area contributed by atoms with Crippen LogP contribution >= 0.6 is 0 Å². The van der Waals surface area contributed by atoms with Gasteiger partial charge >= 0.3 is 0 Å². The van der Waals surface area contributed by atoms with E-state index in [0.29, 0.717) is 5.92 Å². The number of nitrogens with one attached hydrogen (secondary N) is 1. The molecule has 0 unspecified atom stereocenters. The Labute approximate surface area is 95.5 Å². The van der Waals surface area contributed by atoms with Crippen LogP contribution < -0.4 is 5.32 Å². The van der Waals surface area contributed by atoms with E-state index in [1.807, 2.05) is 10.7 Å². The van der Waals surface area contributed by atoms with Crippen LogP contribution in [0.25, 0.3) is 5.52 Å². The van der Waals surface area contributed by atoms with Crippen molar-refractivity contribution in [3.05, 3.63) is 35.7 Å². The normalized spacial score (nSPS) is 18.1. The predicted octanol–water partition coefficient (Wildman–Crippen LogP) is 2.11. The van der Waals surface area contributed by atoms with Gasteiger partial charge in [0.15, 0.2) is 0 Å². The molecule has 1 fully saturated rings. The molecule has 2 aromatic heterocycles. The van der Waals surface area contributed by atoms with E-state index in [1.54, 1.807) is 0 Å². The lowest BCUT2D eigenvalue weighted by Crippen LogP contribution is -2.26. The summed E-state index contributed by atoms with van der Waals surface area (Å²) in [6.45, 7) is 4.40. The van der Waals surface area contributed by atoms with Gasteiger partial charge in [0.2, 0.25) is 0 Å². The zero-order chi connectivity index (χ0) is 11.0. The van der Waals surface area contributed by atoms with Crippen LogP contribution in [0.5, 0.6) is 0 Å². The number of piperidine rings is 1. The molecule has 3 heteroatoms. The summed E-state index contributed by atoms with van der Waals surface area (Å²) in [5.41, 5.74) is 4.01. The van der Waals surface area contributed by atoms with Gasteiger partial charge in [0.05, 0.1) is 11.7 Å². The fourth-order valence-corrected chi connectivity index (χ4v) is 2.55. The van der Waals surface area contributed by atoms with Gasteiger partial charge < -0.3 is 5.32 Å². The highest BCUT2D eigenvalue weighted by atomic mass is 15.2. The van der Waals surface area contributed by atoms with Crippen LogP contribution in [0.4, 0.5) is 0 Å². The minimum Gasteiger partial charge on any atom is -0.317 e. The summed E-state index contributed by atoms with van der Waals surface area (Å²) in [4.78, 5) is 0. The summed E-state index contributed by atoms with van der Waals surface area (Å²) in [7, 11) is 0. The van der Waals surface area contributed by atoms with Crippen molar-refractivity contribution in [3.8, 4) is 0 Å². The average Bonchev–Trinajstić information content (AvgIpc) is 2.73. The maximum absolute atomic E-state index is 4.43. The summed E-state index contributed by atoms with van der Waals surface area (Å²) < 4.78 is 1.99. The van der Waals surface area contributed by atoms with E-state index in [4.69, 9.17) is 0 Å². The Kier molecular flexibility index (Phi) is 2.40. The molecule has 2 aromatic rings. The molecule has 0 aliphatic carbocycles. The zero-order valence-corrected chi connectivity index (χ0v) is 9.61. The van der Waals surface area contributed by atoms with Crippen LogP contribution in [0, 0.1) is 6.92 Å². The Morgan fingerprint density at radius 1 is 1.38 bits per heavy atom. The van der Waals surface area contributed by atoms with Gasteiger partial charge in [0, 0.05) is 11.8 Å². The maximum Gasteiger partial charge on any atom is 0.0699 e. The standard InChI is InChI=1S/C13H17N3/c1-10-4-7-16-13(8-10)12(9-15-16)11-2-5-14-6-3-11/h4,7-9,11,14H,2-3,5-6H2,1H3. The molecule has 0 radical (unpaired) electrons. The van der Waals surface area contributed by atoms with Gasteiger partial charge in [0.1, 0.15) is 0 Å². The molecule has 1 aliphatic heterocycles. The number of hydrogen-bond donors (Lipinski definition) is 1. The van der Waals surface area contributed by atoms with Gasteiger partial charge in [-0.3, -0.25) is 0 Å². The molecule has 0 amide bonds. The number of pyridine rings is 1. The van der Waals surface area contributed by atoms with Crippen LogP contribution in [-0.2, 0) is 0 Å². The third kappa shape index (κ3) is 1.61. The SMILES string of the molecule is Cc1ccn2ncc(C3CCNCC3)c2c1. The predicted molar refractivity (Wildman–Crippen MR) is 64.8 cm³/mol. The highest BCUT2D eigenvalue weighted by Gasteiger charge is 2.18. The van der Waals surface area contributed by atoms with Crippen molar-refractivity contribution in [1.29, 1.82) is 0 Å². The second kappa shape index (κ2) is 3.91. The zero-order valence-electron chi connectivity index (χ0n) is 9.61. The van der Waals surface area contributed by atoms with Crippen LogP contribution in [-0.4, -0.2) is 22.7 Å². The van der Waals surface area contributed by atoms with Crippen LogP contribution in [0.15, 0.2) is 24.5 Å². The van der Waals surface area contributed by atoms with Crippen LogP contribution in [0.1, 0.15) is 29.9 Å². The first-order valence-corrected chi connectivity index (χ1v) is 5.99. The van der Waals surface area contributed by atoms with E-state index in [9.17, 15) is 0 Å². The number of aromatic nitrogens is 2. The molecule has 16 heavy (non-hydrogen) atoms. The first kappa shape index (κ1) is 9.85. The molecule has 3 heterocycles. The Balaban J connectivity index is 2.05. The van der Waals surface area contributed by atoms with Gasteiger partial charge in [-0.25, -0.2) is 4.52 Å². The van der Waals surface area contributed by atoms with Gasteiger partial charge in [0.25, 0.3) is 0 Å². The van der Waals surface area contributed by atoms with E-state index in [1.165, 1.54) is 29.5 Å². The molecule has 1 saturated heterocycles. The lowest BCUT2D eigenvalue weighted by molar-refractivity contribution is 0.462. The first-order valence-electron chi connectivity index (χ1n) is 5.99. The number of fused-ring (bicyclic) bond motifs is 1. The minimum absolute atomic E-state index is 0.681. The molecule has 3 nitrogen and oxygen atoms in total. The van der Waals surface area contributed by atoms with Gasteiger partial charge in [-0.05, 0) is 56.5 Å². The third-order valence-corrected chi connectivity index (χ3v) is 3.49. The molecule has 1 aliphatic rings. The smallest absolute Gasteiger partial charge is 0.0699 e. The topological polar surface area (TPSA) is 29.3 Å². The molecule has 84 valence electrons. The highest BCUT2D eigenvalue weighted by Crippen LogP contribution is 2.28. The summed E-state index contributed by atoms with van der Waals surface area (Å²) in [5, 5.41) is 7.84.